The van der Waals surface area contributed by atoms with Crippen molar-refractivity contribution in [3.8, 4) is 0 Å². The van der Waals surface area contributed by atoms with Gasteiger partial charge < -0.3 is 10.6 Å². The van der Waals surface area contributed by atoms with Gasteiger partial charge in [-0.05, 0) is 109 Å². The highest BCUT2D eigenvalue weighted by molar-refractivity contribution is 4.94. The molecule has 2 aromatic rings. The molecule has 0 aromatic carbocycles. The zero-order chi connectivity index (χ0) is 35.8. The molecule has 0 aliphatic heterocycles. The summed E-state index contributed by atoms with van der Waals surface area (Å²) in [6.07, 6.45) is 17.4. The summed E-state index contributed by atoms with van der Waals surface area (Å²) >= 11 is 0. The molecule has 48 heavy (non-hydrogen) atoms. The van der Waals surface area contributed by atoms with Crippen molar-refractivity contribution in [2.24, 2.45) is 0 Å². The van der Waals surface area contributed by atoms with Crippen LogP contribution in [0.2, 0.25) is 0 Å². The Bertz CT molecular complexity index is 994. The minimum Gasteiger partial charge on any atom is -0.311 e. The summed E-state index contributed by atoms with van der Waals surface area (Å²) < 4.78 is 3.98. The molecule has 0 saturated heterocycles. The quantitative estimate of drug-likeness (QED) is 0.118. The first-order chi connectivity index (χ1) is 22.4. The molecule has 0 fully saturated rings. The van der Waals surface area contributed by atoms with Crippen LogP contribution in [0.15, 0.2) is 12.4 Å². The van der Waals surface area contributed by atoms with Crippen LogP contribution in [-0.2, 0) is 26.2 Å². The smallest absolute Gasteiger partial charge is 0.0964 e. The third-order valence-corrected chi connectivity index (χ3v) is 9.09. The van der Waals surface area contributed by atoms with Crippen LogP contribution in [0.25, 0.3) is 0 Å². The Hall–Kier alpha value is -1.88. The van der Waals surface area contributed by atoms with Gasteiger partial charge in [0.15, 0.2) is 0 Å². The van der Waals surface area contributed by atoms with E-state index in [1.54, 1.807) is 0 Å². The van der Waals surface area contributed by atoms with Gasteiger partial charge in [0.25, 0.3) is 0 Å². The number of unbranched alkanes of at least 4 members (excludes halogenated alkanes) is 9. The van der Waals surface area contributed by atoms with Crippen LogP contribution in [0.1, 0.15) is 159 Å². The minimum absolute atomic E-state index is 0.121. The second kappa shape index (κ2) is 20.1. The van der Waals surface area contributed by atoms with Crippen LogP contribution in [0.3, 0.4) is 0 Å². The molecule has 10 nitrogen and oxygen atoms in total. The van der Waals surface area contributed by atoms with Gasteiger partial charge in [-0.2, -0.15) is 0 Å². The number of hydrogen-bond acceptors (Lipinski definition) is 8. The zero-order valence-electron chi connectivity index (χ0n) is 33.5. The van der Waals surface area contributed by atoms with Crippen LogP contribution < -0.4 is 10.6 Å². The van der Waals surface area contributed by atoms with Gasteiger partial charge in [0, 0.05) is 60.7 Å². The third-order valence-electron chi connectivity index (χ3n) is 9.09. The predicted molar refractivity (Wildman–Crippen MR) is 202 cm³/mol. The molecule has 0 spiro atoms. The van der Waals surface area contributed by atoms with E-state index < -0.39 is 0 Å². The van der Waals surface area contributed by atoms with E-state index >= 15 is 0 Å². The Labute approximate surface area is 295 Å². The van der Waals surface area contributed by atoms with Crippen molar-refractivity contribution in [2.45, 2.75) is 196 Å². The number of aromatic nitrogens is 6. The highest BCUT2D eigenvalue weighted by Crippen LogP contribution is 2.25. The van der Waals surface area contributed by atoms with E-state index in [9.17, 15) is 0 Å². The molecule has 2 N–H and O–H groups in total. The Morgan fingerprint density at radius 2 is 0.771 bits per heavy atom. The molecule has 0 amide bonds. The summed E-state index contributed by atoms with van der Waals surface area (Å²) in [5, 5.41) is 24.6. The fourth-order valence-corrected chi connectivity index (χ4v) is 7.16. The van der Waals surface area contributed by atoms with Crippen molar-refractivity contribution in [3.63, 3.8) is 0 Å². The van der Waals surface area contributed by atoms with E-state index in [0.717, 1.165) is 63.7 Å². The van der Waals surface area contributed by atoms with Gasteiger partial charge in [-0.3, -0.25) is 19.2 Å². The second-order valence-corrected chi connectivity index (χ2v) is 17.8. The second-order valence-electron chi connectivity index (χ2n) is 17.8. The molecule has 10 heteroatoms. The molecular formula is C38H76N10. The van der Waals surface area contributed by atoms with Gasteiger partial charge >= 0.3 is 0 Å². The van der Waals surface area contributed by atoms with Gasteiger partial charge in [0.05, 0.1) is 24.5 Å². The SMILES string of the molecule is CC(C)(C)N(CCn1cc(CNCCCCCCCCCCCCNCc2cn(CCN(C(C)(C)C)C(C)(C)C)nn2)nn1)C(C)(C)C. The molecule has 0 aliphatic rings. The first-order valence-corrected chi connectivity index (χ1v) is 19.1. The third kappa shape index (κ3) is 17.2. The molecule has 278 valence electrons. The topological polar surface area (TPSA) is 92.0 Å². The molecule has 0 unspecified atom stereocenters. The van der Waals surface area contributed by atoms with Gasteiger partial charge in [-0.1, -0.05) is 61.8 Å². The fraction of sp³-hybridized carbons (Fsp3) is 0.895. The van der Waals surface area contributed by atoms with Crippen LogP contribution in [0.5, 0.6) is 0 Å². The van der Waals surface area contributed by atoms with Crippen molar-refractivity contribution in [1.82, 2.24) is 50.4 Å². The Morgan fingerprint density at radius 3 is 1.06 bits per heavy atom. The number of nitrogens with zero attached hydrogens (tertiary/aromatic N) is 8. The lowest BCUT2D eigenvalue weighted by atomic mass is 9.96. The normalized spacial score (nSPS) is 13.4. The summed E-state index contributed by atoms with van der Waals surface area (Å²) in [5.74, 6) is 0. The molecule has 2 aromatic heterocycles. The van der Waals surface area contributed by atoms with Gasteiger partial charge in [-0.15, -0.1) is 10.2 Å². The highest BCUT2D eigenvalue weighted by Gasteiger charge is 2.32. The van der Waals surface area contributed by atoms with E-state index in [4.69, 9.17) is 0 Å². The lowest BCUT2D eigenvalue weighted by molar-refractivity contribution is 0.0335. The minimum atomic E-state index is 0.121. The first-order valence-electron chi connectivity index (χ1n) is 19.1. The Kier molecular flexibility index (Phi) is 17.7. The summed E-state index contributed by atoms with van der Waals surface area (Å²) in [7, 11) is 0. The lowest BCUT2D eigenvalue weighted by Crippen LogP contribution is -2.53. The van der Waals surface area contributed by atoms with Gasteiger partial charge in [-0.25, -0.2) is 0 Å². The lowest BCUT2D eigenvalue weighted by Gasteiger charge is -2.45. The molecule has 0 bridgehead atoms. The van der Waals surface area contributed by atoms with E-state index in [0.29, 0.717) is 0 Å². The standard InChI is InChI=1S/C38H76N10/c1-35(2,3)47(36(4,5)6)27-25-45-31-33(41-43-45)29-39-23-21-19-17-15-13-14-16-18-20-22-24-40-30-34-32-46(44-42-34)26-28-48(37(7,8)9)38(10,11)12/h31-32,39-40H,13-30H2,1-12H3. The van der Waals surface area contributed by atoms with E-state index in [1.165, 1.54) is 64.2 Å². The first kappa shape index (κ1) is 42.3. The van der Waals surface area contributed by atoms with Crippen molar-refractivity contribution < 1.29 is 0 Å². The van der Waals surface area contributed by atoms with Crippen molar-refractivity contribution in [1.29, 1.82) is 0 Å². The maximum Gasteiger partial charge on any atom is 0.0964 e. The van der Waals surface area contributed by atoms with Gasteiger partial charge in [0.2, 0.25) is 0 Å². The number of nitrogens with one attached hydrogen (secondary N) is 2. The molecule has 2 rings (SSSR count). The summed E-state index contributed by atoms with van der Waals surface area (Å²) in [5.41, 5.74) is 2.54. The largest absolute Gasteiger partial charge is 0.311 e. The summed E-state index contributed by atoms with van der Waals surface area (Å²) in [6, 6.07) is 0. The summed E-state index contributed by atoms with van der Waals surface area (Å²) in [4.78, 5) is 5.07. The summed E-state index contributed by atoms with van der Waals surface area (Å²) in [6.45, 7) is 34.7. The Balaban J connectivity index is 1.41. The fourth-order valence-electron chi connectivity index (χ4n) is 7.16. The van der Waals surface area contributed by atoms with Gasteiger partial charge in [0.1, 0.15) is 0 Å². The van der Waals surface area contributed by atoms with Crippen LogP contribution in [0, 0.1) is 0 Å². The molecule has 2 heterocycles. The molecular weight excluding hydrogens is 596 g/mol. The van der Waals surface area contributed by atoms with E-state index in [-0.39, 0.29) is 22.2 Å². The van der Waals surface area contributed by atoms with Crippen LogP contribution >= 0.6 is 0 Å². The average Bonchev–Trinajstić information content (AvgIpc) is 3.59. The molecule has 0 aliphatic carbocycles. The van der Waals surface area contributed by atoms with Crippen LogP contribution in [0.4, 0.5) is 0 Å². The number of rotatable bonds is 23. The Morgan fingerprint density at radius 1 is 0.479 bits per heavy atom. The van der Waals surface area contributed by atoms with E-state index in [2.05, 4.69) is 137 Å². The molecule has 0 saturated carbocycles. The van der Waals surface area contributed by atoms with E-state index in [1.807, 2.05) is 9.36 Å². The maximum absolute atomic E-state index is 4.38. The predicted octanol–water partition coefficient (Wildman–Crippen LogP) is 7.45. The highest BCUT2D eigenvalue weighted by atomic mass is 15.4. The van der Waals surface area contributed by atoms with Crippen LogP contribution in [-0.4, -0.2) is 88.1 Å². The average molecular weight is 673 g/mol. The van der Waals surface area contributed by atoms with Crippen molar-refractivity contribution in [2.75, 3.05) is 26.2 Å². The zero-order valence-corrected chi connectivity index (χ0v) is 33.5. The van der Waals surface area contributed by atoms with Crippen molar-refractivity contribution in [3.05, 3.63) is 23.8 Å². The maximum atomic E-state index is 4.38. The number of hydrogen-bond donors (Lipinski definition) is 2. The molecule has 0 atom stereocenters. The van der Waals surface area contributed by atoms with Crippen molar-refractivity contribution >= 4 is 0 Å². The molecule has 0 radical (unpaired) electrons. The monoisotopic (exact) mass is 673 g/mol.